The highest BCUT2D eigenvalue weighted by Crippen LogP contribution is 2.20. The largest absolute Gasteiger partial charge is 0.461 e. The molecule has 1 heterocycles. The molecular weight excluding hydrogens is 240 g/mol. The molecule has 19 heavy (non-hydrogen) atoms. The van der Waals surface area contributed by atoms with Crippen LogP contribution >= 0.6 is 0 Å². The predicted molar refractivity (Wildman–Crippen MR) is 75.9 cm³/mol. The van der Waals surface area contributed by atoms with Gasteiger partial charge < -0.3 is 10.5 Å². The van der Waals surface area contributed by atoms with Crippen molar-refractivity contribution < 1.29 is 9.53 Å². The minimum Gasteiger partial charge on any atom is -0.461 e. The van der Waals surface area contributed by atoms with Crippen molar-refractivity contribution in [3.05, 3.63) is 36.0 Å². The topological polar surface area (TPSA) is 65.2 Å². The Morgan fingerprint density at radius 3 is 2.84 bits per heavy atom. The average molecular weight is 258 g/mol. The minimum atomic E-state index is -0.418. The van der Waals surface area contributed by atoms with Gasteiger partial charge in [0.15, 0.2) is 5.69 Å². The maximum atomic E-state index is 11.9. The molecule has 0 radical (unpaired) electrons. The van der Waals surface area contributed by atoms with E-state index in [4.69, 9.17) is 10.5 Å². The summed E-state index contributed by atoms with van der Waals surface area (Å²) in [6, 6.07) is 9.03. The van der Waals surface area contributed by atoms with E-state index in [1.54, 1.807) is 6.07 Å². The van der Waals surface area contributed by atoms with Gasteiger partial charge in [0, 0.05) is 11.1 Å². The molecular formula is C15H18N2O2. The van der Waals surface area contributed by atoms with E-state index in [9.17, 15) is 4.79 Å². The van der Waals surface area contributed by atoms with Crippen LogP contribution in [-0.2, 0) is 4.74 Å². The number of nitrogens with two attached hydrogens (primary N) is 1. The number of benzene rings is 1. The molecule has 4 heteroatoms. The zero-order valence-corrected chi connectivity index (χ0v) is 11.2. The quantitative estimate of drug-likeness (QED) is 0.856. The molecule has 100 valence electrons. The van der Waals surface area contributed by atoms with Crippen molar-refractivity contribution in [2.75, 3.05) is 12.3 Å². The normalized spacial score (nSPS) is 10.9. The second kappa shape index (κ2) is 5.69. The van der Waals surface area contributed by atoms with Gasteiger partial charge in [0.05, 0.1) is 12.1 Å². The molecule has 0 amide bonds. The van der Waals surface area contributed by atoms with E-state index in [-0.39, 0.29) is 5.69 Å². The van der Waals surface area contributed by atoms with Gasteiger partial charge in [-0.05, 0) is 24.5 Å². The number of para-hydroxylation sites is 1. The summed E-state index contributed by atoms with van der Waals surface area (Å²) in [5, 5.41) is 0.848. The first-order valence-electron chi connectivity index (χ1n) is 6.40. The number of esters is 1. The number of hydrogen-bond acceptors (Lipinski definition) is 4. The Morgan fingerprint density at radius 2 is 2.11 bits per heavy atom. The number of nitrogens with zero attached hydrogens (tertiary/aromatic N) is 1. The lowest BCUT2D eigenvalue weighted by Gasteiger charge is -2.08. The first-order valence-corrected chi connectivity index (χ1v) is 6.40. The Hall–Kier alpha value is -2.10. The SMILES string of the molecule is CC(C)CCOC(=O)c1cc(N)c2ccccc2n1. The van der Waals surface area contributed by atoms with Crippen LogP contribution in [-0.4, -0.2) is 17.6 Å². The summed E-state index contributed by atoms with van der Waals surface area (Å²) in [5.74, 6) is 0.0838. The zero-order chi connectivity index (χ0) is 13.8. The van der Waals surface area contributed by atoms with Crippen LogP contribution in [0.4, 0.5) is 5.69 Å². The third-order valence-corrected chi connectivity index (χ3v) is 2.89. The van der Waals surface area contributed by atoms with Crippen LogP contribution in [0.3, 0.4) is 0 Å². The summed E-state index contributed by atoms with van der Waals surface area (Å²) >= 11 is 0. The molecule has 0 unspecified atom stereocenters. The fraction of sp³-hybridized carbons (Fsp3) is 0.333. The monoisotopic (exact) mass is 258 g/mol. The Balaban J connectivity index is 2.18. The average Bonchev–Trinajstić information content (AvgIpc) is 2.38. The second-order valence-corrected chi connectivity index (χ2v) is 4.93. The van der Waals surface area contributed by atoms with Gasteiger partial charge in [0.2, 0.25) is 0 Å². The lowest BCUT2D eigenvalue weighted by atomic mass is 10.1. The van der Waals surface area contributed by atoms with Gasteiger partial charge >= 0.3 is 5.97 Å². The Labute approximate surface area is 112 Å². The molecule has 0 aliphatic rings. The Bertz CT molecular complexity index is 594. The van der Waals surface area contributed by atoms with Crippen molar-refractivity contribution in [1.82, 2.24) is 4.98 Å². The highest BCUT2D eigenvalue weighted by Gasteiger charge is 2.12. The molecule has 2 rings (SSSR count). The molecule has 1 aromatic heterocycles. The van der Waals surface area contributed by atoms with Gasteiger partial charge in [-0.1, -0.05) is 32.0 Å². The van der Waals surface area contributed by atoms with Gasteiger partial charge in [0.25, 0.3) is 0 Å². The van der Waals surface area contributed by atoms with Crippen molar-refractivity contribution >= 4 is 22.6 Å². The van der Waals surface area contributed by atoms with E-state index >= 15 is 0 Å². The van der Waals surface area contributed by atoms with E-state index in [0.717, 1.165) is 11.8 Å². The maximum absolute atomic E-state index is 11.9. The standard InChI is InChI=1S/C15H18N2O2/c1-10(2)7-8-19-15(18)14-9-12(16)11-5-3-4-6-13(11)17-14/h3-6,9-10H,7-8H2,1-2H3,(H2,16,17). The van der Waals surface area contributed by atoms with Crippen molar-refractivity contribution in [1.29, 1.82) is 0 Å². The molecule has 0 fully saturated rings. The summed E-state index contributed by atoms with van der Waals surface area (Å²) in [7, 11) is 0. The molecule has 0 spiro atoms. The maximum Gasteiger partial charge on any atom is 0.357 e. The van der Waals surface area contributed by atoms with Gasteiger partial charge in [0.1, 0.15) is 0 Å². The first kappa shape index (κ1) is 13.3. The van der Waals surface area contributed by atoms with Crippen molar-refractivity contribution in [2.45, 2.75) is 20.3 Å². The number of pyridine rings is 1. The first-order chi connectivity index (χ1) is 9.08. The van der Waals surface area contributed by atoms with Gasteiger partial charge in [-0.15, -0.1) is 0 Å². The lowest BCUT2D eigenvalue weighted by Crippen LogP contribution is -2.10. The predicted octanol–water partition coefficient (Wildman–Crippen LogP) is 3.02. The number of anilines is 1. The molecule has 0 atom stereocenters. The van der Waals surface area contributed by atoms with Crippen LogP contribution in [0.25, 0.3) is 10.9 Å². The van der Waals surface area contributed by atoms with E-state index < -0.39 is 5.97 Å². The minimum absolute atomic E-state index is 0.264. The fourth-order valence-corrected chi connectivity index (χ4v) is 1.77. The number of nitrogen functional groups attached to an aromatic ring is 1. The number of carbonyl (C=O) groups is 1. The summed E-state index contributed by atoms with van der Waals surface area (Å²) < 4.78 is 5.19. The summed E-state index contributed by atoms with van der Waals surface area (Å²) in [6.07, 6.45) is 0.842. The third-order valence-electron chi connectivity index (χ3n) is 2.89. The number of aromatic nitrogens is 1. The zero-order valence-electron chi connectivity index (χ0n) is 11.2. The molecule has 0 saturated heterocycles. The van der Waals surface area contributed by atoms with Crippen LogP contribution < -0.4 is 5.73 Å². The number of hydrogen-bond donors (Lipinski definition) is 1. The van der Waals surface area contributed by atoms with E-state index in [2.05, 4.69) is 18.8 Å². The number of carbonyl (C=O) groups excluding carboxylic acids is 1. The van der Waals surface area contributed by atoms with Crippen LogP contribution in [0.2, 0.25) is 0 Å². The van der Waals surface area contributed by atoms with Crippen molar-refractivity contribution in [3.63, 3.8) is 0 Å². The van der Waals surface area contributed by atoms with Gasteiger partial charge in [-0.25, -0.2) is 9.78 Å². The van der Waals surface area contributed by atoms with Crippen molar-refractivity contribution in [3.8, 4) is 0 Å². The van der Waals surface area contributed by atoms with E-state index in [0.29, 0.717) is 23.7 Å². The molecule has 2 N–H and O–H groups in total. The molecule has 0 aliphatic carbocycles. The summed E-state index contributed by atoms with van der Waals surface area (Å²) in [5.41, 5.74) is 7.44. The van der Waals surface area contributed by atoms with Gasteiger partial charge in [-0.2, -0.15) is 0 Å². The molecule has 0 bridgehead atoms. The van der Waals surface area contributed by atoms with Crippen LogP contribution in [0, 0.1) is 5.92 Å². The van der Waals surface area contributed by atoms with E-state index in [1.165, 1.54) is 0 Å². The number of rotatable bonds is 4. The summed E-state index contributed by atoms with van der Waals surface area (Å²) in [6.45, 7) is 4.57. The van der Waals surface area contributed by atoms with Gasteiger partial charge in [-0.3, -0.25) is 0 Å². The van der Waals surface area contributed by atoms with Crippen LogP contribution in [0.15, 0.2) is 30.3 Å². The fourth-order valence-electron chi connectivity index (χ4n) is 1.77. The molecule has 4 nitrogen and oxygen atoms in total. The molecule has 0 aliphatic heterocycles. The molecule has 1 aromatic carbocycles. The number of fused-ring (bicyclic) bond motifs is 1. The molecule has 0 saturated carbocycles. The highest BCUT2D eigenvalue weighted by molar-refractivity contribution is 5.96. The smallest absolute Gasteiger partial charge is 0.357 e. The Kier molecular flexibility index (Phi) is 4.00. The highest BCUT2D eigenvalue weighted by atomic mass is 16.5. The second-order valence-electron chi connectivity index (χ2n) is 4.93. The lowest BCUT2D eigenvalue weighted by molar-refractivity contribution is 0.0482. The Morgan fingerprint density at radius 1 is 1.37 bits per heavy atom. The van der Waals surface area contributed by atoms with Crippen LogP contribution in [0.5, 0.6) is 0 Å². The number of ether oxygens (including phenoxy) is 1. The third kappa shape index (κ3) is 3.22. The van der Waals surface area contributed by atoms with Crippen LogP contribution in [0.1, 0.15) is 30.8 Å². The summed E-state index contributed by atoms with van der Waals surface area (Å²) in [4.78, 5) is 16.2. The molecule has 2 aromatic rings. The van der Waals surface area contributed by atoms with Crippen molar-refractivity contribution in [2.24, 2.45) is 5.92 Å². The van der Waals surface area contributed by atoms with E-state index in [1.807, 2.05) is 24.3 Å².